The van der Waals surface area contributed by atoms with Crippen LogP contribution in [-0.4, -0.2) is 41.9 Å². The van der Waals surface area contributed by atoms with Crippen LogP contribution < -0.4 is 9.42 Å². The van der Waals surface area contributed by atoms with E-state index >= 15 is 0 Å². The summed E-state index contributed by atoms with van der Waals surface area (Å²) in [7, 11) is -4.71. The van der Waals surface area contributed by atoms with Crippen molar-refractivity contribution in [2.24, 2.45) is 0 Å². The molecule has 4 rings (SSSR count). The number of H-pyrrole nitrogens is 1. The Morgan fingerprint density at radius 1 is 1.03 bits per heavy atom. The number of aromatic nitrogens is 5. The first-order chi connectivity index (χ1) is 16.4. The van der Waals surface area contributed by atoms with Crippen molar-refractivity contribution < 1.29 is 18.9 Å². The molecule has 0 amide bonds. The van der Waals surface area contributed by atoms with E-state index in [1.165, 1.54) is 6.07 Å². The van der Waals surface area contributed by atoms with Gasteiger partial charge in [0.25, 0.3) is 0 Å². The van der Waals surface area contributed by atoms with E-state index in [1.54, 1.807) is 12.3 Å². The topological polar surface area (TPSA) is 137 Å². The number of tetrazole rings is 1. The number of nitrogens with one attached hydrogen (secondary N) is 1. The Bertz CT molecular complexity index is 1260. The van der Waals surface area contributed by atoms with Crippen LogP contribution in [0, 0.1) is 0 Å². The maximum atomic E-state index is 11.4. The Hall–Kier alpha value is -3.59. The van der Waals surface area contributed by atoms with E-state index < -0.39 is 7.82 Å². The van der Waals surface area contributed by atoms with Crippen molar-refractivity contribution in [2.75, 3.05) is 11.4 Å². The summed E-state index contributed by atoms with van der Waals surface area (Å²) >= 11 is 0. The second kappa shape index (κ2) is 10.6. The normalized spacial score (nSPS) is 11.4. The molecule has 0 fully saturated rings. The molecule has 34 heavy (non-hydrogen) atoms. The van der Waals surface area contributed by atoms with Crippen molar-refractivity contribution in [1.29, 1.82) is 0 Å². The summed E-state index contributed by atoms with van der Waals surface area (Å²) in [5.41, 5.74) is 3.93. The van der Waals surface area contributed by atoms with Gasteiger partial charge in [0.1, 0.15) is 0 Å². The highest BCUT2D eigenvalue weighted by molar-refractivity contribution is 7.46. The summed E-state index contributed by atoms with van der Waals surface area (Å²) < 4.78 is 16.3. The monoisotopic (exact) mass is 480 g/mol. The first kappa shape index (κ1) is 23.6. The third kappa shape index (κ3) is 5.85. The van der Waals surface area contributed by atoms with Crippen molar-refractivity contribution in [1.82, 2.24) is 25.6 Å². The smallest absolute Gasteiger partial charge is 0.400 e. The van der Waals surface area contributed by atoms with Gasteiger partial charge in [0.15, 0.2) is 17.4 Å². The van der Waals surface area contributed by atoms with Gasteiger partial charge in [0.2, 0.25) is 0 Å². The van der Waals surface area contributed by atoms with E-state index in [0.717, 1.165) is 35.1 Å². The van der Waals surface area contributed by atoms with Crippen LogP contribution in [0.1, 0.15) is 25.3 Å². The van der Waals surface area contributed by atoms with Gasteiger partial charge in [-0.3, -0.25) is 9.79 Å². The van der Waals surface area contributed by atoms with Crippen LogP contribution in [0.4, 0.5) is 5.82 Å². The third-order valence-electron chi connectivity index (χ3n) is 5.22. The molecule has 2 aromatic heterocycles. The highest BCUT2D eigenvalue weighted by atomic mass is 31.2. The lowest BCUT2D eigenvalue weighted by Gasteiger charge is -2.26. The largest absolute Gasteiger partial charge is 0.524 e. The molecule has 0 unspecified atom stereocenters. The fourth-order valence-corrected chi connectivity index (χ4v) is 4.05. The summed E-state index contributed by atoms with van der Waals surface area (Å²) in [6.07, 6.45) is 3.44. The molecule has 4 aromatic rings. The van der Waals surface area contributed by atoms with Crippen LogP contribution in [-0.2, 0) is 11.1 Å². The fraction of sp³-hybridized carbons (Fsp3) is 0.217. The second-order valence-electron chi connectivity index (χ2n) is 7.67. The zero-order chi connectivity index (χ0) is 24.0. The number of anilines is 1. The quantitative estimate of drug-likeness (QED) is 0.285. The minimum Gasteiger partial charge on any atom is -0.400 e. The number of hydrogen-bond donors (Lipinski definition) is 3. The maximum absolute atomic E-state index is 11.4. The molecule has 2 aromatic carbocycles. The molecule has 0 spiro atoms. The minimum atomic E-state index is -4.71. The number of phosphoric acid groups is 1. The highest BCUT2D eigenvalue weighted by Crippen LogP contribution is 2.41. The zero-order valence-corrected chi connectivity index (χ0v) is 19.5. The summed E-state index contributed by atoms with van der Waals surface area (Å²) in [5, 5.41) is 14.2. The average molecular weight is 480 g/mol. The molecule has 0 saturated carbocycles. The van der Waals surface area contributed by atoms with Crippen LogP contribution in [0.25, 0.3) is 22.5 Å². The van der Waals surface area contributed by atoms with Crippen molar-refractivity contribution in [3.63, 3.8) is 0 Å². The van der Waals surface area contributed by atoms with Crippen LogP contribution in [0.5, 0.6) is 5.75 Å². The molecule has 2 heterocycles. The highest BCUT2D eigenvalue weighted by Gasteiger charge is 2.22. The third-order valence-corrected chi connectivity index (χ3v) is 5.65. The molecule has 10 nitrogen and oxygen atoms in total. The molecule has 11 heteroatoms. The predicted octanol–water partition coefficient (Wildman–Crippen LogP) is 4.21. The molecular weight excluding hydrogens is 455 g/mol. The number of pyridine rings is 1. The molecular formula is C23H25N6O4P. The van der Waals surface area contributed by atoms with Gasteiger partial charge in [-0.15, -0.1) is 5.10 Å². The number of nitrogens with zero attached hydrogens (tertiary/aromatic N) is 5. The Morgan fingerprint density at radius 3 is 2.47 bits per heavy atom. The first-order valence-electron chi connectivity index (χ1n) is 10.8. The lowest BCUT2D eigenvalue weighted by molar-refractivity contribution is 0.283. The summed E-state index contributed by atoms with van der Waals surface area (Å²) in [5.74, 6) is 1.04. The predicted molar refractivity (Wildman–Crippen MR) is 128 cm³/mol. The van der Waals surface area contributed by atoms with Gasteiger partial charge in [-0.2, -0.15) is 0 Å². The Balaban J connectivity index is 1.60. The zero-order valence-electron chi connectivity index (χ0n) is 18.6. The number of hydrogen-bond acceptors (Lipinski definition) is 7. The van der Waals surface area contributed by atoms with E-state index in [-0.39, 0.29) is 5.75 Å². The average Bonchev–Trinajstić information content (AvgIpc) is 3.37. The van der Waals surface area contributed by atoms with Crippen LogP contribution in [0.3, 0.4) is 0 Å². The standard InChI is InChI=1S/C23H25N6O4P/c1-2-3-15-29(23-21(9-6-14-24-23)33-34(30,31)32)16-17-10-12-18(13-11-17)19-7-4-5-8-20(19)22-25-27-28-26-22/h4-14H,2-3,15-16H2,1H3,(H2,30,31,32)(H,25,26,27,28). The molecule has 0 aliphatic carbocycles. The first-order valence-corrected chi connectivity index (χ1v) is 12.3. The van der Waals surface area contributed by atoms with Gasteiger partial charge < -0.3 is 9.42 Å². The van der Waals surface area contributed by atoms with Crippen molar-refractivity contribution in [3.8, 4) is 28.3 Å². The van der Waals surface area contributed by atoms with Gasteiger partial charge in [-0.05, 0) is 45.7 Å². The van der Waals surface area contributed by atoms with Gasteiger partial charge in [-0.1, -0.05) is 61.9 Å². The second-order valence-corrected chi connectivity index (χ2v) is 8.84. The Kier molecular flexibility index (Phi) is 7.32. The van der Waals surface area contributed by atoms with E-state index in [0.29, 0.717) is 24.7 Å². The number of rotatable bonds is 10. The SMILES string of the molecule is CCCCN(Cc1ccc(-c2ccccc2-c2nnn[nH]2)cc1)c1ncccc1OP(=O)(O)O. The molecule has 0 saturated heterocycles. The summed E-state index contributed by atoms with van der Waals surface area (Å²) in [6, 6.07) is 19.1. The number of unbranched alkanes of at least 4 members (excludes halogenated alkanes) is 1. The molecule has 0 aliphatic heterocycles. The van der Waals surface area contributed by atoms with E-state index in [4.69, 9.17) is 4.52 Å². The summed E-state index contributed by atoms with van der Waals surface area (Å²) in [4.78, 5) is 24.9. The molecule has 0 atom stereocenters. The summed E-state index contributed by atoms with van der Waals surface area (Å²) in [6.45, 7) is 3.25. The number of aromatic amines is 1. The molecule has 176 valence electrons. The number of benzene rings is 2. The number of phosphoric ester groups is 1. The van der Waals surface area contributed by atoms with Gasteiger partial charge in [0.05, 0.1) is 0 Å². The maximum Gasteiger partial charge on any atom is 0.524 e. The lowest BCUT2D eigenvalue weighted by Crippen LogP contribution is -2.25. The van der Waals surface area contributed by atoms with Gasteiger partial charge in [0, 0.05) is 24.8 Å². The molecule has 0 aliphatic rings. The fourth-order valence-electron chi connectivity index (χ4n) is 3.65. The molecule has 0 bridgehead atoms. The van der Waals surface area contributed by atoms with E-state index in [2.05, 4.69) is 32.5 Å². The Labute approximate surface area is 196 Å². The van der Waals surface area contributed by atoms with Crippen molar-refractivity contribution in [3.05, 3.63) is 72.4 Å². The van der Waals surface area contributed by atoms with Crippen molar-refractivity contribution in [2.45, 2.75) is 26.3 Å². The van der Waals surface area contributed by atoms with Crippen LogP contribution in [0.15, 0.2) is 66.9 Å². The van der Waals surface area contributed by atoms with Crippen LogP contribution >= 0.6 is 7.82 Å². The lowest BCUT2D eigenvalue weighted by atomic mass is 9.98. The van der Waals surface area contributed by atoms with Gasteiger partial charge >= 0.3 is 7.82 Å². The van der Waals surface area contributed by atoms with E-state index in [9.17, 15) is 14.4 Å². The van der Waals surface area contributed by atoms with Crippen LogP contribution in [0.2, 0.25) is 0 Å². The minimum absolute atomic E-state index is 0.0538. The molecule has 0 radical (unpaired) electrons. The van der Waals surface area contributed by atoms with Crippen molar-refractivity contribution >= 4 is 13.6 Å². The van der Waals surface area contributed by atoms with Gasteiger partial charge in [-0.25, -0.2) is 14.6 Å². The molecule has 3 N–H and O–H groups in total. The van der Waals surface area contributed by atoms with E-state index in [1.807, 2.05) is 53.4 Å². The Morgan fingerprint density at radius 2 is 1.79 bits per heavy atom.